The Balaban J connectivity index is 2.32. The first-order valence-electron chi connectivity index (χ1n) is 6.64. The van der Waals surface area contributed by atoms with Gasteiger partial charge in [0.25, 0.3) is 0 Å². The molecule has 0 aliphatic rings. The Kier molecular flexibility index (Phi) is 4.32. The van der Waals surface area contributed by atoms with Crippen molar-refractivity contribution in [2.75, 3.05) is 6.54 Å². The molecule has 102 valence electrons. The van der Waals surface area contributed by atoms with Gasteiger partial charge < -0.3 is 9.88 Å². The Labute approximate surface area is 113 Å². The number of hydrogen-bond acceptors (Lipinski definition) is 2. The first-order valence-corrected chi connectivity index (χ1v) is 6.64. The molecule has 0 bridgehead atoms. The van der Waals surface area contributed by atoms with E-state index in [1.165, 1.54) is 6.07 Å². The van der Waals surface area contributed by atoms with Gasteiger partial charge in [0.1, 0.15) is 11.6 Å². The van der Waals surface area contributed by atoms with Crippen LogP contribution in [-0.2, 0) is 7.05 Å². The fraction of sp³-hybridized carbons (Fsp3) is 0.400. The highest BCUT2D eigenvalue weighted by atomic mass is 19.1. The van der Waals surface area contributed by atoms with Crippen molar-refractivity contribution in [1.29, 1.82) is 0 Å². The summed E-state index contributed by atoms with van der Waals surface area (Å²) in [6.45, 7) is 5.17. The largest absolute Gasteiger partial charge is 0.334 e. The molecular formula is C15H20FN3. The van der Waals surface area contributed by atoms with Crippen molar-refractivity contribution in [2.45, 2.75) is 26.3 Å². The minimum Gasteiger partial charge on any atom is -0.334 e. The molecule has 0 fully saturated rings. The van der Waals surface area contributed by atoms with Gasteiger partial charge in [-0.1, -0.05) is 13.0 Å². The Morgan fingerprint density at radius 2 is 2.21 bits per heavy atom. The molecule has 3 nitrogen and oxygen atoms in total. The van der Waals surface area contributed by atoms with E-state index in [2.05, 4.69) is 24.1 Å². The number of nitrogens with one attached hydrogen (secondary N) is 1. The normalized spacial score (nSPS) is 12.6. The van der Waals surface area contributed by atoms with Gasteiger partial charge in [-0.3, -0.25) is 0 Å². The van der Waals surface area contributed by atoms with Gasteiger partial charge in [0.15, 0.2) is 0 Å². The molecular weight excluding hydrogens is 241 g/mol. The minimum absolute atomic E-state index is 0.208. The van der Waals surface area contributed by atoms with E-state index in [1.807, 2.05) is 29.9 Å². The summed E-state index contributed by atoms with van der Waals surface area (Å²) in [6, 6.07) is 5.43. The zero-order valence-electron chi connectivity index (χ0n) is 11.7. The smallest absolute Gasteiger partial charge is 0.142 e. The Bertz CT molecular complexity index is 548. The standard InChI is InChI=1S/C15H20FN3/c1-4-7-17-11(2)12-5-6-14(16)13(10-12)15-18-8-9-19(15)3/h5-6,8-11,17H,4,7H2,1-3H3. The van der Waals surface area contributed by atoms with E-state index in [4.69, 9.17) is 0 Å². The maximum atomic E-state index is 14.0. The van der Waals surface area contributed by atoms with Crippen LogP contribution >= 0.6 is 0 Å². The van der Waals surface area contributed by atoms with Crippen LogP contribution in [0.2, 0.25) is 0 Å². The van der Waals surface area contributed by atoms with E-state index in [9.17, 15) is 4.39 Å². The summed E-state index contributed by atoms with van der Waals surface area (Å²) in [6.07, 6.45) is 4.58. The van der Waals surface area contributed by atoms with Crippen molar-refractivity contribution in [2.24, 2.45) is 7.05 Å². The van der Waals surface area contributed by atoms with Gasteiger partial charge >= 0.3 is 0 Å². The average molecular weight is 261 g/mol. The highest BCUT2D eigenvalue weighted by molar-refractivity contribution is 5.58. The summed E-state index contributed by atoms with van der Waals surface area (Å²) in [7, 11) is 1.87. The predicted molar refractivity (Wildman–Crippen MR) is 75.3 cm³/mol. The van der Waals surface area contributed by atoms with Crippen molar-refractivity contribution < 1.29 is 4.39 Å². The van der Waals surface area contributed by atoms with Gasteiger partial charge in [0.2, 0.25) is 0 Å². The highest BCUT2D eigenvalue weighted by Crippen LogP contribution is 2.24. The molecule has 1 heterocycles. The summed E-state index contributed by atoms with van der Waals surface area (Å²) < 4.78 is 15.8. The Hall–Kier alpha value is -1.68. The number of aryl methyl sites for hydroxylation is 1. The van der Waals surface area contributed by atoms with E-state index in [0.717, 1.165) is 18.5 Å². The van der Waals surface area contributed by atoms with Gasteiger partial charge in [0.05, 0.1) is 5.56 Å². The lowest BCUT2D eigenvalue weighted by Gasteiger charge is -2.15. The molecule has 0 amide bonds. The van der Waals surface area contributed by atoms with Crippen LogP contribution in [0.15, 0.2) is 30.6 Å². The SMILES string of the molecule is CCCNC(C)c1ccc(F)c(-c2nccn2C)c1. The Morgan fingerprint density at radius 1 is 1.42 bits per heavy atom. The van der Waals surface area contributed by atoms with Crippen LogP contribution in [0, 0.1) is 5.82 Å². The number of halogens is 1. The van der Waals surface area contributed by atoms with E-state index < -0.39 is 0 Å². The molecule has 0 saturated carbocycles. The number of rotatable bonds is 5. The van der Waals surface area contributed by atoms with Crippen LogP contribution < -0.4 is 5.32 Å². The number of hydrogen-bond donors (Lipinski definition) is 1. The summed E-state index contributed by atoms with van der Waals surface area (Å²) in [5.74, 6) is 0.419. The number of benzene rings is 1. The van der Waals surface area contributed by atoms with Crippen molar-refractivity contribution in [3.8, 4) is 11.4 Å². The van der Waals surface area contributed by atoms with E-state index >= 15 is 0 Å². The van der Waals surface area contributed by atoms with Crippen molar-refractivity contribution in [1.82, 2.24) is 14.9 Å². The predicted octanol–water partition coefficient (Wildman–Crippen LogP) is 3.29. The van der Waals surface area contributed by atoms with E-state index in [1.54, 1.807) is 6.20 Å². The monoisotopic (exact) mass is 261 g/mol. The molecule has 1 aromatic heterocycles. The molecule has 0 saturated heterocycles. The molecule has 4 heteroatoms. The fourth-order valence-corrected chi connectivity index (χ4v) is 2.09. The van der Waals surface area contributed by atoms with E-state index in [-0.39, 0.29) is 11.9 Å². The van der Waals surface area contributed by atoms with Crippen LogP contribution in [0.25, 0.3) is 11.4 Å². The van der Waals surface area contributed by atoms with Crippen LogP contribution in [0.4, 0.5) is 4.39 Å². The van der Waals surface area contributed by atoms with Gasteiger partial charge in [-0.2, -0.15) is 0 Å². The molecule has 1 unspecified atom stereocenters. The molecule has 1 aromatic carbocycles. The zero-order valence-corrected chi connectivity index (χ0v) is 11.7. The lowest BCUT2D eigenvalue weighted by Crippen LogP contribution is -2.19. The van der Waals surface area contributed by atoms with Crippen LogP contribution in [0.5, 0.6) is 0 Å². The summed E-state index contributed by atoms with van der Waals surface area (Å²) >= 11 is 0. The molecule has 2 aromatic rings. The van der Waals surface area contributed by atoms with Gasteiger partial charge in [-0.25, -0.2) is 9.37 Å². The van der Waals surface area contributed by atoms with Crippen LogP contribution in [0.1, 0.15) is 31.9 Å². The quantitative estimate of drug-likeness (QED) is 0.895. The van der Waals surface area contributed by atoms with Crippen LogP contribution in [-0.4, -0.2) is 16.1 Å². The zero-order chi connectivity index (χ0) is 13.8. The van der Waals surface area contributed by atoms with Crippen molar-refractivity contribution in [3.63, 3.8) is 0 Å². The van der Waals surface area contributed by atoms with Crippen molar-refractivity contribution >= 4 is 0 Å². The molecule has 0 radical (unpaired) electrons. The third-order valence-electron chi connectivity index (χ3n) is 3.25. The highest BCUT2D eigenvalue weighted by Gasteiger charge is 2.13. The maximum Gasteiger partial charge on any atom is 0.142 e. The lowest BCUT2D eigenvalue weighted by atomic mass is 10.0. The summed E-state index contributed by atoms with van der Waals surface area (Å²) in [5.41, 5.74) is 1.63. The van der Waals surface area contributed by atoms with Gasteiger partial charge in [0, 0.05) is 25.5 Å². The van der Waals surface area contributed by atoms with E-state index in [0.29, 0.717) is 11.4 Å². The number of nitrogens with zero attached hydrogens (tertiary/aromatic N) is 2. The maximum absolute atomic E-state index is 14.0. The summed E-state index contributed by atoms with van der Waals surface area (Å²) in [5, 5.41) is 3.41. The molecule has 2 rings (SSSR count). The second-order valence-corrected chi connectivity index (χ2v) is 4.78. The minimum atomic E-state index is -0.235. The average Bonchev–Trinajstić information content (AvgIpc) is 2.82. The fourth-order valence-electron chi connectivity index (χ4n) is 2.09. The van der Waals surface area contributed by atoms with Crippen LogP contribution in [0.3, 0.4) is 0 Å². The Morgan fingerprint density at radius 3 is 2.84 bits per heavy atom. The first kappa shape index (κ1) is 13.7. The topological polar surface area (TPSA) is 29.9 Å². The number of aromatic nitrogens is 2. The first-order chi connectivity index (χ1) is 9.13. The molecule has 1 atom stereocenters. The second-order valence-electron chi connectivity index (χ2n) is 4.78. The second kappa shape index (κ2) is 5.97. The summed E-state index contributed by atoms with van der Waals surface area (Å²) in [4.78, 5) is 4.21. The van der Waals surface area contributed by atoms with Crippen molar-refractivity contribution in [3.05, 3.63) is 42.0 Å². The molecule has 1 N–H and O–H groups in total. The third-order valence-corrected chi connectivity index (χ3v) is 3.25. The van der Waals surface area contributed by atoms with Gasteiger partial charge in [-0.05, 0) is 37.6 Å². The molecule has 0 aliphatic carbocycles. The van der Waals surface area contributed by atoms with Gasteiger partial charge in [-0.15, -0.1) is 0 Å². The molecule has 0 spiro atoms. The molecule has 0 aliphatic heterocycles. The third kappa shape index (κ3) is 3.01. The molecule has 19 heavy (non-hydrogen) atoms. The lowest BCUT2D eigenvalue weighted by molar-refractivity contribution is 0.568. The number of imidazole rings is 1.